The molecule has 2 N–H and O–H groups in total. The Balaban J connectivity index is 2.17. The molecule has 1 aromatic carbocycles. The largest absolute Gasteiger partial charge is 0.368 e. The molecule has 0 radical (unpaired) electrons. The van der Waals surface area contributed by atoms with E-state index in [0.717, 1.165) is 16.6 Å². The second-order valence-corrected chi connectivity index (χ2v) is 3.68. The molecule has 84 valence electrons. The lowest BCUT2D eigenvalue weighted by molar-refractivity contribution is 0.781. The third-order valence-corrected chi connectivity index (χ3v) is 2.52. The Morgan fingerprint density at radius 2 is 1.88 bits per heavy atom. The second kappa shape index (κ2) is 3.51. The Bertz CT molecular complexity index is 668. The third-order valence-electron chi connectivity index (χ3n) is 2.52. The molecule has 3 rings (SSSR count). The molecule has 0 aliphatic carbocycles. The molecule has 3 aromatic rings. The number of nitrogens with zero attached hydrogens (tertiary/aromatic N) is 5. The Labute approximate surface area is 97.1 Å². The summed E-state index contributed by atoms with van der Waals surface area (Å²) in [5.41, 5.74) is 8.20. The highest BCUT2D eigenvalue weighted by atomic mass is 15.4. The average molecular weight is 226 g/mol. The van der Waals surface area contributed by atoms with Gasteiger partial charge in [0.15, 0.2) is 5.82 Å². The number of benzene rings is 1. The quantitative estimate of drug-likeness (QED) is 0.669. The van der Waals surface area contributed by atoms with Crippen LogP contribution in [0.5, 0.6) is 0 Å². The minimum absolute atomic E-state index is 0.388. The molecular weight excluding hydrogens is 216 g/mol. The first-order chi connectivity index (χ1) is 8.24. The fourth-order valence-electron chi connectivity index (χ4n) is 1.62. The average Bonchev–Trinajstić information content (AvgIpc) is 2.69. The standard InChI is InChI=1S/C11H10N6/c1-17-11(12)15-10(16-17)7-2-3-8-9(6-7)14-5-4-13-8/h2-6H,1H3,(H2,12,15,16). The van der Waals surface area contributed by atoms with Gasteiger partial charge in [-0.05, 0) is 18.2 Å². The van der Waals surface area contributed by atoms with Crippen LogP contribution < -0.4 is 5.73 Å². The number of hydrogen-bond donors (Lipinski definition) is 1. The maximum absolute atomic E-state index is 5.65. The van der Waals surface area contributed by atoms with E-state index in [1.54, 1.807) is 19.4 Å². The number of nitrogen functional groups attached to an aromatic ring is 1. The molecule has 6 nitrogen and oxygen atoms in total. The molecule has 0 saturated carbocycles. The van der Waals surface area contributed by atoms with E-state index in [2.05, 4.69) is 20.1 Å². The fraction of sp³-hybridized carbons (Fsp3) is 0.0909. The van der Waals surface area contributed by atoms with Crippen molar-refractivity contribution in [3.8, 4) is 11.4 Å². The SMILES string of the molecule is Cn1nc(-c2ccc3nccnc3c2)nc1N. The van der Waals surface area contributed by atoms with Gasteiger partial charge in [0.25, 0.3) is 0 Å². The van der Waals surface area contributed by atoms with E-state index >= 15 is 0 Å². The van der Waals surface area contributed by atoms with E-state index in [-0.39, 0.29) is 0 Å². The van der Waals surface area contributed by atoms with E-state index in [0.29, 0.717) is 11.8 Å². The maximum Gasteiger partial charge on any atom is 0.218 e. The van der Waals surface area contributed by atoms with Crippen LogP contribution >= 0.6 is 0 Å². The van der Waals surface area contributed by atoms with Gasteiger partial charge in [-0.15, -0.1) is 5.10 Å². The minimum atomic E-state index is 0.388. The number of anilines is 1. The van der Waals surface area contributed by atoms with Crippen molar-refractivity contribution in [2.24, 2.45) is 7.05 Å². The normalized spacial score (nSPS) is 10.9. The van der Waals surface area contributed by atoms with Crippen LogP contribution in [0.2, 0.25) is 0 Å². The van der Waals surface area contributed by atoms with Crippen molar-refractivity contribution in [1.82, 2.24) is 24.7 Å². The summed E-state index contributed by atoms with van der Waals surface area (Å²) < 4.78 is 1.54. The van der Waals surface area contributed by atoms with Crippen LogP contribution in [-0.2, 0) is 7.05 Å². The monoisotopic (exact) mass is 226 g/mol. The van der Waals surface area contributed by atoms with Crippen LogP contribution in [-0.4, -0.2) is 24.7 Å². The zero-order valence-corrected chi connectivity index (χ0v) is 9.20. The van der Waals surface area contributed by atoms with Crippen molar-refractivity contribution in [3.05, 3.63) is 30.6 Å². The molecular formula is C11H10N6. The molecule has 0 spiro atoms. The van der Waals surface area contributed by atoms with Crippen molar-refractivity contribution >= 4 is 17.0 Å². The van der Waals surface area contributed by atoms with Gasteiger partial charge in [-0.1, -0.05) is 0 Å². The van der Waals surface area contributed by atoms with Gasteiger partial charge in [0.05, 0.1) is 11.0 Å². The second-order valence-electron chi connectivity index (χ2n) is 3.68. The van der Waals surface area contributed by atoms with Gasteiger partial charge in [0.2, 0.25) is 5.95 Å². The van der Waals surface area contributed by atoms with Crippen molar-refractivity contribution < 1.29 is 0 Å². The van der Waals surface area contributed by atoms with E-state index < -0.39 is 0 Å². The lowest BCUT2D eigenvalue weighted by atomic mass is 10.2. The summed E-state index contributed by atoms with van der Waals surface area (Å²) >= 11 is 0. The van der Waals surface area contributed by atoms with Crippen LogP contribution in [0.25, 0.3) is 22.4 Å². The van der Waals surface area contributed by atoms with Crippen molar-refractivity contribution in [2.75, 3.05) is 5.73 Å². The van der Waals surface area contributed by atoms with Gasteiger partial charge >= 0.3 is 0 Å². The van der Waals surface area contributed by atoms with E-state index in [9.17, 15) is 0 Å². The zero-order valence-electron chi connectivity index (χ0n) is 9.20. The number of hydrogen-bond acceptors (Lipinski definition) is 5. The smallest absolute Gasteiger partial charge is 0.218 e. The molecule has 0 saturated heterocycles. The molecule has 2 heterocycles. The van der Waals surface area contributed by atoms with Gasteiger partial charge in [-0.25, -0.2) is 4.68 Å². The summed E-state index contributed by atoms with van der Waals surface area (Å²) in [6, 6.07) is 5.70. The molecule has 0 unspecified atom stereocenters. The highest BCUT2D eigenvalue weighted by molar-refractivity contribution is 5.79. The first-order valence-corrected chi connectivity index (χ1v) is 5.12. The van der Waals surface area contributed by atoms with Crippen LogP contribution in [0.3, 0.4) is 0 Å². The molecule has 0 amide bonds. The highest BCUT2D eigenvalue weighted by Crippen LogP contribution is 2.19. The van der Waals surface area contributed by atoms with Gasteiger partial charge in [-0.2, -0.15) is 4.98 Å². The van der Waals surface area contributed by atoms with Gasteiger partial charge < -0.3 is 5.73 Å². The molecule has 0 bridgehead atoms. The first kappa shape index (κ1) is 9.71. The zero-order chi connectivity index (χ0) is 11.8. The first-order valence-electron chi connectivity index (χ1n) is 5.12. The Morgan fingerprint density at radius 1 is 1.12 bits per heavy atom. The van der Waals surface area contributed by atoms with Crippen LogP contribution in [0.4, 0.5) is 5.95 Å². The molecule has 0 aliphatic heterocycles. The maximum atomic E-state index is 5.65. The van der Waals surface area contributed by atoms with Crippen LogP contribution in [0.1, 0.15) is 0 Å². The highest BCUT2D eigenvalue weighted by Gasteiger charge is 2.07. The summed E-state index contributed by atoms with van der Waals surface area (Å²) in [5.74, 6) is 0.983. The summed E-state index contributed by atoms with van der Waals surface area (Å²) in [5, 5.41) is 4.22. The number of aromatic nitrogens is 5. The van der Waals surface area contributed by atoms with E-state index in [1.807, 2.05) is 18.2 Å². The van der Waals surface area contributed by atoms with Crippen molar-refractivity contribution in [3.63, 3.8) is 0 Å². The molecule has 17 heavy (non-hydrogen) atoms. The lowest BCUT2D eigenvalue weighted by Gasteiger charge is -1.98. The van der Waals surface area contributed by atoms with Crippen LogP contribution in [0, 0.1) is 0 Å². The Hall–Kier alpha value is -2.50. The van der Waals surface area contributed by atoms with E-state index in [4.69, 9.17) is 5.73 Å². The fourth-order valence-corrected chi connectivity index (χ4v) is 1.62. The Kier molecular flexibility index (Phi) is 2.01. The van der Waals surface area contributed by atoms with Gasteiger partial charge in [0, 0.05) is 25.0 Å². The number of fused-ring (bicyclic) bond motifs is 1. The van der Waals surface area contributed by atoms with Gasteiger partial charge in [0.1, 0.15) is 0 Å². The van der Waals surface area contributed by atoms with Crippen molar-refractivity contribution in [2.45, 2.75) is 0 Å². The summed E-state index contributed by atoms with van der Waals surface area (Å²) in [6.45, 7) is 0. The molecule has 0 aliphatic rings. The topological polar surface area (TPSA) is 82.5 Å². The molecule has 2 aromatic heterocycles. The predicted molar refractivity (Wildman–Crippen MR) is 63.9 cm³/mol. The number of rotatable bonds is 1. The molecule has 6 heteroatoms. The van der Waals surface area contributed by atoms with Crippen LogP contribution in [0.15, 0.2) is 30.6 Å². The number of aryl methyl sites for hydroxylation is 1. The molecule has 0 fully saturated rings. The lowest BCUT2D eigenvalue weighted by Crippen LogP contribution is -1.97. The Morgan fingerprint density at radius 3 is 2.59 bits per heavy atom. The minimum Gasteiger partial charge on any atom is -0.368 e. The summed E-state index contributed by atoms with van der Waals surface area (Å²) in [4.78, 5) is 12.6. The molecule has 0 atom stereocenters. The third kappa shape index (κ3) is 1.59. The summed E-state index contributed by atoms with van der Waals surface area (Å²) in [7, 11) is 1.76. The summed E-state index contributed by atoms with van der Waals surface area (Å²) in [6.07, 6.45) is 3.32. The van der Waals surface area contributed by atoms with Crippen molar-refractivity contribution in [1.29, 1.82) is 0 Å². The van der Waals surface area contributed by atoms with Gasteiger partial charge in [-0.3, -0.25) is 9.97 Å². The predicted octanol–water partition coefficient (Wildman–Crippen LogP) is 1.01. The van der Waals surface area contributed by atoms with E-state index in [1.165, 1.54) is 4.68 Å². The number of nitrogens with two attached hydrogens (primary N) is 1.